The number of carbonyl (C=O) groups is 2. The van der Waals surface area contributed by atoms with Crippen molar-refractivity contribution in [3.05, 3.63) is 52.2 Å². The first-order chi connectivity index (χ1) is 14.2. The summed E-state index contributed by atoms with van der Waals surface area (Å²) in [5.74, 6) is 0.773. The van der Waals surface area contributed by atoms with Gasteiger partial charge in [0.1, 0.15) is 5.75 Å². The molecule has 1 atom stereocenters. The molecule has 0 aliphatic carbocycles. The van der Waals surface area contributed by atoms with Crippen molar-refractivity contribution in [1.29, 1.82) is 0 Å². The van der Waals surface area contributed by atoms with Gasteiger partial charge in [0.15, 0.2) is 0 Å². The minimum Gasteiger partial charge on any atom is -0.497 e. The number of rotatable bonds is 10. The average Bonchev–Trinajstić information content (AvgIpc) is 3.46. The van der Waals surface area contributed by atoms with Crippen molar-refractivity contribution >= 4 is 23.2 Å². The number of nitrogens with zero attached hydrogens (tertiary/aromatic N) is 1. The Morgan fingerprint density at radius 1 is 1.14 bits per heavy atom. The monoisotopic (exact) mass is 415 g/mol. The van der Waals surface area contributed by atoms with Gasteiger partial charge in [-0.25, -0.2) is 0 Å². The number of thiophene rings is 1. The number of likely N-dealkylation sites (tertiary alicyclic amines) is 1. The minimum absolute atomic E-state index is 0.0208. The predicted octanol–water partition coefficient (Wildman–Crippen LogP) is 3.22. The topological polar surface area (TPSA) is 70.7 Å². The zero-order chi connectivity index (χ0) is 20.5. The van der Waals surface area contributed by atoms with Crippen molar-refractivity contribution in [2.24, 2.45) is 0 Å². The molecule has 1 aliphatic heterocycles. The Morgan fingerprint density at radius 3 is 2.55 bits per heavy atom. The highest BCUT2D eigenvalue weighted by Gasteiger charge is 2.24. The van der Waals surface area contributed by atoms with E-state index in [4.69, 9.17) is 4.74 Å². The van der Waals surface area contributed by atoms with Crippen LogP contribution in [0.3, 0.4) is 0 Å². The van der Waals surface area contributed by atoms with E-state index in [-0.39, 0.29) is 17.9 Å². The summed E-state index contributed by atoms with van der Waals surface area (Å²) in [6.07, 6.45) is 3.42. The fraction of sp³-hybridized carbons (Fsp3) is 0.455. The first kappa shape index (κ1) is 21.3. The standard InChI is InChI=1S/C22H29N3O3S/c1-28-19-8-6-17(7-9-19)20(25-12-2-3-13-25)15-24-21(26)5-4-11-23-22(27)18-10-14-29-16-18/h6-10,14,16,20H,2-5,11-13,15H2,1H3,(H,23,27)(H,24,26). The molecule has 1 saturated heterocycles. The molecule has 2 amide bonds. The van der Waals surface area contributed by atoms with Crippen LogP contribution in [0.4, 0.5) is 0 Å². The Kier molecular flexibility index (Phi) is 8.07. The van der Waals surface area contributed by atoms with Crippen molar-refractivity contribution in [2.75, 3.05) is 33.3 Å². The first-order valence-electron chi connectivity index (χ1n) is 10.1. The Morgan fingerprint density at radius 2 is 1.90 bits per heavy atom. The number of methoxy groups -OCH3 is 1. The fourth-order valence-corrected chi connectivity index (χ4v) is 4.22. The van der Waals surface area contributed by atoms with E-state index >= 15 is 0 Å². The molecule has 1 aliphatic rings. The number of ether oxygens (including phenoxy) is 1. The van der Waals surface area contributed by atoms with Crippen LogP contribution in [0.15, 0.2) is 41.1 Å². The lowest BCUT2D eigenvalue weighted by Gasteiger charge is -2.28. The van der Waals surface area contributed by atoms with Gasteiger partial charge in [-0.1, -0.05) is 12.1 Å². The lowest BCUT2D eigenvalue weighted by atomic mass is 10.1. The molecule has 1 fully saturated rings. The highest BCUT2D eigenvalue weighted by Crippen LogP contribution is 2.26. The molecule has 2 heterocycles. The number of hydrogen-bond acceptors (Lipinski definition) is 5. The van der Waals surface area contributed by atoms with E-state index in [2.05, 4.69) is 27.7 Å². The summed E-state index contributed by atoms with van der Waals surface area (Å²) < 4.78 is 5.26. The zero-order valence-electron chi connectivity index (χ0n) is 16.9. The molecule has 2 N–H and O–H groups in total. The molecule has 3 rings (SSSR count). The number of amides is 2. The zero-order valence-corrected chi connectivity index (χ0v) is 17.7. The van der Waals surface area contributed by atoms with Crippen LogP contribution in [0, 0.1) is 0 Å². The van der Waals surface area contributed by atoms with Crippen LogP contribution in [0.1, 0.15) is 47.6 Å². The van der Waals surface area contributed by atoms with Gasteiger partial charge in [0.25, 0.3) is 5.91 Å². The van der Waals surface area contributed by atoms with Crippen molar-refractivity contribution < 1.29 is 14.3 Å². The molecule has 6 nitrogen and oxygen atoms in total. The molecule has 2 aromatic rings. The summed E-state index contributed by atoms with van der Waals surface area (Å²) in [6.45, 7) is 3.20. The van der Waals surface area contributed by atoms with Gasteiger partial charge in [0, 0.05) is 30.5 Å². The Bertz CT molecular complexity index is 771. The van der Waals surface area contributed by atoms with E-state index in [1.807, 2.05) is 22.9 Å². The Hall–Kier alpha value is -2.38. The lowest BCUT2D eigenvalue weighted by Crippen LogP contribution is -2.37. The maximum absolute atomic E-state index is 12.3. The average molecular weight is 416 g/mol. The van der Waals surface area contributed by atoms with Crippen molar-refractivity contribution in [2.45, 2.75) is 31.7 Å². The third kappa shape index (κ3) is 6.30. The van der Waals surface area contributed by atoms with Crippen LogP contribution in [0.25, 0.3) is 0 Å². The third-order valence-electron chi connectivity index (χ3n) is 5.22. The van der Waals surface area contributed by atoms with Gasteiger partial charge in [0.05, 0.1) is 13.2 Å². The van der Waals surface area contributed by atoms with Crippen LogP contribution in [-0.2, 0) is 4.79 Å². The molecule has 29 heavy (non-hydrogen) atoms. The van der Waals surface area contributed by atoms with Gasteiger partial charge < -0.3 is 15.4 Å². The maximum atomic E-state index is 12.3. The van der Waals surface area contributed by atoms with Gasteiger partial charge in [0.2, 0.25) is 5.91 Å². The lowest BCUT2D eigenvalue weighted by molar-refractivity contribution is -0.121. The SMILES string of the molecule is COc1ccc(C(CNC(=O)CCCNC(=O)c2ccsc2)N2CCCC2)cc1. The van der Waals surface area contributed by atoms with Crippen molar-refractivity contribution in [3.63, 3.8) is 0 Å². The summed E-state index contributed by atoms with van der Waals surface area (Å²) in [5.41, 5.74) is 1.86. The van der Waals surface area contributed by atoms with Crippen molar-refractivity contribution in [3.8, 4) is 5.75 Å². The molecular weight excluding hydrogens is 386 g/mol. The predicted molar refractivity (Wildman–Crippen MR) is 115 cm³/mol. The van der Waals surface area contributed by atoms with Gasteiger partial charge in [-0.05, 0) is 61.5 Å². The van der Waals surface area contributed by atoms with Crippen LogP contribution in [-0.4, -0.2) is 50.0 Å². The molecule has 156 valence electrons. The number of hydrogen-bond donors (Lipinski definition) is 2. The second-order valence-corrected chi connectivity index (χ2v) is 7.99. The van der Waals surface area contributed by atoms with Crippen LogP contribution in [0.5, 0.6) is 5.75 Å². The Labute approximate surface area is 176 Å². The van der Waals surface area contributed by atoms with Gasteiger partial charge in [-0.3, -0.25) is 14.5 Å². The van der Waals surface area contributed by atoms with Crippen LogP contribution in [0.2, 0.25) is 0 Å². The summed E-state index contributed by atoms with van der Waals surface area (Å²) in [7, 11) is 1.66. The second-order valence-electron chi connectivity index (χ2n) is 7.21. The van der Waals surface area contributed by atoms with E-state index in [0.717, 1.165) is 18.8 Å². The molecule has 0 radical (unpaired) electrons. The van der Waals surface area contributed by atoms with Gasteiger partial charge in [-0.2, -0.15) is 11.3 Å². The quantitative estimate of drug-likeness (QED) is 0.585. The molecule has 0 spiro atoms. The van der Waals surface area contributed by atoms with Crippen LogP contribution >= 0.6 is 11.3 Å². The van der Waals surface area contributed by atoms with E-state index in [0.29, 0.717) is 31.5 Å². The first-order valence-corrected chi connectivity index (χ1v) is 11.1. The van der Waals surface area contributed by atoms with Crippen LogP contribution < -0.4 is 15.4 Å². The largest absolute Gasteiger partial charge is 0.497 e. The minimum atomic E-state index is -0.0831. The van der Waals surface area contributed by atoms with Gasteiger partial charge in [-0.15, -0.1) is 0 Å². The highest BCUT2D eigenvalue weighted by atomic mass is 32.1. The number of nitrogens with one attached hydrogen (secondary N) is 2. The van der Waals surface area contributed by atoms with E-state index in [1.54, 1.807) is 13.2 Å². The maximum Gasteiger partial charge on any atom is 0.252 e. The molecule has 1 aromatic heterocycles. The van der Waals surface area contributed by atoms with Crippen molar-refractivity contribution in [1.82, 2.24) is 15.5 Å². The van der Waals surface area contributed by atoms with E-state index in [9.17, 15) is 9.59 Å². The summed E-state index contributed by atoms with van der Waals surface area (Å²) in [5, 5.41) is 9.63. The molecule has 0 saturated carbocycles. The molecule has 0 bridgehead atoms. The highest BCUT2D eigenvalue weighted by molar-refractivity contribution is 7.08. The third-order valence-corrected chi connectivity index (χ3v) is 5.91. The number of benzene rings is 1. The van der Waals surface area contributed by atoms with Gasteiger partial charge >= 0.3 is 0 Å². The molecule has 7 heteroatoms. The van der Waals surface area contributed by atoms with E-state index < -0.39 is 0 Å². The number of carbonyl (C=O) groups excluding carboxylic acids is 2. The Balaban J connectivity index is 1.44. The molecular formula is C22H29N3O3S. The molecule has 1 unspecified atom stereocenters. The fourth-order valence-electron chi connectivity index (χ4n) is 3.58. The summed E-state index contributed by atoms with van der Waals surface area (Å²) >= 11 is 1.50. The normalized spacial score (nSPS) is 15.1. The summed E-state index contributed by atoms with van der Waals surface area (Å²) in [6, 6.07) is 10.1. The summed E-state index contributed by atoms with van der Waals surface area (Å²) in [4.78, 5) is 26.6. The smallest absolute Gasteiger partial charge is 0.252 e. The second kappa shape index (κ2) is 11.0. The van der Waals surface area contributed by atoms with E-state index in [1.165, 1.54) is 29.7 Å². The molecule has 1 aromatic carbocycles.